The SMILES string of the molecule is O=Cc1noc(Cc2ccccc2)n1. The maximum atomic E-state index is 10.3. The van der Waals surface area contributed by atoms with Crippen LogP contribution >= 0.6 is 0 Å². The summed E-state index contributed by atoms with van der Waals surface area (Å²) in [5, 5.41) is 3.48. The minimum atomic E-state index is 0.0935. The Hall–Kier alpha value is -1.97. The van der Waals surface area contributed by atoms with Crippen LogP contribution in [0.25, 0.3) is 0 Å². The van der Waals surface area contributed by atoms with E-state index >= 15 is 0 Å². The molecule has 1 heterocycles. The Kier molecular flexibility index (Phi) is 2.36. The zero-order valence-corrected chi connectivity index (χ0v) is 7.38. The van der Waals surface area contributed by atoms with Crippen molar-refractivity contribution in [3.8, 4) is 0 Å². The predicted octanol–water partition coefficient (Wildman–Crippen LogP) is 1.47. The first kappa shape index (κ1) is 8.62. The third kappa shape index (κ3) is 1.85. The largest absolute Gasteiger partial charge is 0.339 e. The van der Waals surface area contributed by atoms with E-state index in [1.807, 2.05) is 30.3 Å². The van der Waals surface area contributed by atoms with Crippen molar-refractivity contribution >= 4 is 6.29 Å². The van der Waals surface area contributed by atoms with E-state index in [4.69, 9.17) is 4.52 Å². The number of aldehydes is 1. The monoisotopic (exact) mass is 188 g/mol. The van der Waals surface area contributed by atoms with Crippen LogP contribution in [-0.4, -0.2) is 16.4 Å². The molecule has 0 atom stereocenters. The summed E-state index contributed by atoms with van der Waals surface area (Å²) in [5.41, 5.74) is 1.08. The highest BCUT2D eigenvalue weighted by Gasteiger charge is 2.05. The van der Waals surface area contributed by atoms with Crippen molar-refractivity contribution < 1.29 is 9.32 Å². The minimum absolute atomic E-state index is 0.0935. The van der Waals surface area contributed by atoms with Crippen molar-refractivity contribution in [3.05, 3.63) is 47.6 Å². The van der Waals surface area contributed by atoms with Gasteiger partial charge < -0.3 is 4.52 Å². The van der Waals surface area contributed by atoms with Crippen molar-refractivity contribution in [2.75, 3.05) is 0 Å². The van der Waals surface area contributed by atoms with Gasteiger partial charge in [-0.1, -0.05) is 35.5 Å². The lowest BCUT2D eigenvalue weighted by Gasteiger charge is -1.93. The smallest absolute Gasteiger partial charge is 0.235 e. The number of rotatable bonds is 3. The molecule has 0 amide bonds. The number of nitrogens with zero attached hydrogens (tertiary/aromatic N) is 2. The zero-order chi connectivity index (χ0) is 9.80. The van der Waals surface area contributed by atoms with Crippen molar-refractivity contribution in [1.29, 1.82) is 0 Å². The lowest BCUT2D eigenvalue weighted by Crippen LogP contribution is -1.88. The van der Waals surface area contributed by atoms with Crippen molar-refractivity contribution in [2.24, 2.45) is 0 Å². The number of hydrogen-bond donors (Lipinski definition) is 0. The van der Waals surface area contributed by atoms with Gasteiger partial charge in [0.15, 0.2) is 6.29 Å². The molecule has 0 fully saturated rings. The first-order valence-corrected chi connectivity index (χ1v) is 4.20. The molecule has 1 aromatic carbocycles. The Balaban J connectivity index is 2.15. The van der Waals surface area contributed by atoms with Crippen LogP contribution in [-0.2, 0) is 6.42 Å². The first-order chi connectivity index (χ1) is 6.88. The summed E-state index contributed by atoms with van der Waals surface area (Å²) in [4.78, 5) is 14.2. The van der Waals surface area contributed by atoms with E-state index in [0.29, 0.717) is 18.6 Å². The van der Waals surface area contributed by atoms with Gasteiger partial charge in [0, 0.05) is 0 Å². The topological polar surface area (TPSA) is 56.0 Å². The number of aromatic nitrogens is 2. The zero-order valence-electron chi connectivity index (χ0n) is 7.38. The molecule has 0 aliphatic carbocycles. The summed E-state index contributed by atoms with van der Waals surface area (Å²) >= 11 is 0. The molecule has 0 bridgehead atoms. The summed E-state index contributed by atoms with van der Waals surface area (Å²) in [6.45, 7) is 0. The molecule has 1 aromatic heterocycles. The Bertz CT molecular complexity index is 423. The third-order valence-corrected chi connectivity index (χ3v) is 1.79. The van der Waals surface area contributed by atoms with E-state index in [1.54, 1.807) is 0 Å². The molecule has 0 N–H and O–H groups in total. The highest BCUT2D eigenvalue weighted by Crippen LogP contribution is 2.06. The van der Waals surface area contributed by atoms with Gasteiger partial charge in [-0.3, -0.25) is 4.79 Å². The second-order valence-corrected chi connectivity index (χ2v) is 2.83. The molecule has 0 saturated heterocycles. The van der Waals surface area contributed by atoms with E-state index < -0.39 is 0 Å². The summed E-state index contributed by atoms with van der Waals surface area (Å²) < 4.78 is 4.87. The fourth-order valence-corrected chi connectivity index (χ4v) is 1.16. The fourth-order valence-electron chi connectivity index (χ4n) is 1.16. The normalized spacial score (nSPS) is 10.0. The van der Waals surface area contributed by atoms with Crippen LogP contribution in [0.4, 0.5) is 0 Å². The van der Waals surface area contributed by atoms with Crippen LogP contribution in [0.1, 0.15) is 22.1 Å². The average molecular weight is 188 g/mol. The van der Waals surface area contributed by atoms with Gasteiger partial charge in [0.1, 0.15) is 0 Å². The van der Waals surface area contributed by atoms with Crippen molar-refractivity contribution in [3.63, 3.8) is 0 Å². The molecular weight excluding hydrogens is 180 g/mol. The molecule has 0 saturated carbocycles. The van der Waals surface area contributed by atoms with Crippen LogP contribution in [0.5, 0.6) is 0 Å². The van der Waals surface area contributed by atoms with Gasteiger partial charge in [0.05, 0.1) is 6.42 Å². The lowest BCUT2D eigenvalue weighted by atomic mass is 10.1. The van der Waals surface area contributed by atoms with Gasteiger partial charge >= 0.3 is 0 Å². The maximum absolute atomic E-state index is 10.3. The molecular formula is C10H8N2O2. The minimum Gasteiger partial charge on any atom is -0.339 e. The van der Waals surface area contributed by atoms with Gasteiger partial charge in [-0.2, -0.15) is 4.98 Å². The molecule has 2 aromatic rings. The Labute approximate surface area is 80.6 Å². The summed E-state index contributed by atoms with van der Waals surface area (Å²) in [6.07, 6.45) is 1.12. The highest BCUT2D eigenvalue weighted by atomic mass is 16.5. The van der Waals surface area contributed by atoms with Crippen LogP contribution in [0.3, 0.4) is 0 Å². The van der Waals surface area contributed by atoms with Crippen LogP contribution in [0, 0.1) is 0 Å². The van der Waals surface area contributed by atoms with E-state index in [0.717, 1.165) is 5.56 Å². The van der Waals surface area contributed by atoms with Gasteiger partial charge in [-0.05, 0) is 5.56 Å². The van der Waals surface area contributed by atoms with E-state index in [9.17, 15) is 4.79 Å². The Morgan fingerprint density at radius 3 is 2.71 bits per heavy atom. The van der Waals surface area contributed by atoms with E-state index in [1.165, 1.54) is 0 Å². The number of benzene rings is 1. The highest BCUT2D eigenvalue weighted by molar-refractivity contribution is 5.68. The van der Waals surface area contributed by atoms with Crippen LogP contribution < -0.4 is 0 Å². The van der Waals surface area contributed by atoms with Crippen molar-refractivity contribution in [2.45, 2.75) is 6.42 Å². The summed E-state index contributed by atoms with van der Waals surface area (Å²) in [7, 11) is 0. The summed E-state index contributed by atoms with van der Waals surface area (Å²) in [6, 6.07) is 9.74. The molecule has 0 aliphatic rings. The van der Waals surface area contributed by atoms with E-state index in [-0.39, 0.29) is 5.82 Å². The van der Waals surface area contributed by atoms with Crippen LogP contribution in [0.2, 0.25) is 0 Å². The van der Waals surface area contributed by atoms with Gasteiger partial charge in [-0.25, -0.2) is 0 Å². The standard InChI is InChI=1S/C10H8N2O2/c13-7-9-11-10(14-12-9)6-8-4-2-1-3-5-8/h1-5,7H,6H2. The Morgan fingerprint density at radius 2 is 2.07 bits per heavy atom. The molecule has 0 unspecified atom stereocenters. The maximum Gasteiger partial charge on any atom is 0.235 e. The fraction of sp³-hybridized carbons (Fsp3) is 0.100. The molecule has 0 aliphatic heterocycles. The number of carbonyl (C=O) groups is 1. The number of carbonyl (C=O) groups excluding carboxylic acids is 1. The van der Waals surface area contributed by atoms with Crippen molar-refractivity contribution in [1.82, 2.24) is 10.1 Å². The second kappa shape index (κ2) is 3.83. The van der Waals surface area contributed by atoms with Gasteiger partial charge in [-0.15, -0.1) is 0 Å². The molecule has 14 heavy (non-hydrogen) atoms. The molecule has 4 heteroatoms. The van der Waals surface area contributed by atoms with Crippen LogP contribution in [0.15, 0.2) is 34.9 Å². The quantitative estimate of drug-likeness (QED) is 0.684. The molecule has 70 valence electrons. The molecule has 4 nitrogen and oxygen atoms in total. The lowest BCUT2D eigenvalue weighted by molar-refractivity contribution is 0.111. The average Bonchev–Trinajstić information content (AvgIpc) is 2.67. The summed E-state index contributed by atoms with van der Waals surface area (Å²) in [5.74, 6) is 0.550. The second-order valence-electron chi connectivity index (χ2n) is 2.83. The van der Waals surface area contributed by atoms with E-state index in [2.05, 4.69) is 10.1 Å². The number of hydrogen-bond acceptors (Lipinski definition) is 4. The van der Waals surface area contributed by atoms with Gasteiger partial charge in [0.25, 0.3) is 0 Å². The Morgan fingerprint density at radius 1 is 1.29 bits per heavy atom. The van der Waals surface area contributed by atoms with Gasteiger partial charge in [0.2, 0.25) is 11.7 Å². The molecule has 0 spiro atoms. The first-order valence-electron chi connectivity index (χ1n) is 4.20. The molecule has 0 radical (unpaired) electrons. The third-order valence-electron chi connectivity index (χ3n) is 1.79. The molecule has 2 rings (SSSR count). The predicted molar refractivity (Wildman–Crippen MR) is 48.9 cm³/mol.